The minimum Gasteiger partial charge on any atom is -0.379 e. The minimum atomic E-state index is -0.304. The lowest BCUT2D eigenvalue weighted by atomic mass is 10.0. The maximum absolute atomic E-state index is 11.3. The maximum atomic E-state index is 11.3. The first-order valence-electron chi connectivity index (χ1n) is 18.3. The molecular formula is C38H61N3O11. The van der Waals surface area contributed by atoms with Crippen LogP contribution in [0.1, 0.15) is 107 Å². The summed E-state index contributed by atoms with van der Waals surface area (Å²) in [5.74, 6) is -1.23. The topological polar surface area (TPSA) is 182 Å². The van der Waals surface area contributed by atoms with Crippen LogP contribution in [-0.4, -0.2) is 114 Å². The molecule has 14 nitrogen and oxygen atoms in total. The average molecular weight is 736 g/mol. The third kappa shape index (κ3) is 21.3. The molecule has 0 N–H and O–H groups in total. The highest BCUT2D eigenvalue weighted by Crippen LogP contribution is 2.12. The van der Waals surface area contributed by atoms with Crippen LogP contribution in [0.15, 0.2) is 24.3 Å². The van der Waals surface area contributed by atoms with Gasteiger partial charge in [-0.25, -0.2) is 0 Å². The van der Waals surface area contributed by atoms with Crippen molar-refractivity contribution in [2.24, 2.45) is 11.8 Å². The van der Waals surface area contributed by atoms with Crippen molar-refractivity contribution in [1.82, 2.24) is 14.7 Å². The second-order valence-corrected chi connectivity index (χ2v) is 11.9. The number of ether oxygens (including phenoxy) is 2. The van der Waals surface area contributed by atoms with Gasteiger partial charge in [0.1, 0.15) is 11.6 Å². The molecule has 1 fully saturated rings. The fourth-order valence-electron chi connectivity index (χ4n) is 4.17. The van der Waals surface area contributed by atoms with Crippen LogP contribution < -0.4 is 0 Å². The molecule has 3 rings (SSSR count). The van der Waals surface area contributed by atoms with Crippen LogP contribution in [0.25, 0.3) is 0 Å². The lowest BCUT2D eigenvalue weighted by Gasteiger charge is -2.13. The van der Waals surface area contributed by atoms with E-state index in [2.05, 4.69) is 0 Å². The van der Waals surface area contributed by atoms with Crippen LogP contribution in [0.2, 0.25) is 0 Å². The molecular weight excluding hydrogens is 674 g/mol. The van der Waals surface area contributed by atoms with Crippen LogP contribution in [-0.2, 0) is 52.6 Å². The van der Waals surface area contributed by atoms with Gasteiger partial charge < -0.3 is 9.47 Å². The summed E-state index contributed by atoms with van der Waals surface area (Å²) in [6.07, 6.45) is 9.06. The van der Waals surface area contributed by atoms with Gasteiger partial charge in [-0.05, 0) is 19.8 Å². The normalized spacial score (nSPS) is 14.6. The fraction of sp³-hybridized carbons (Fsp3) is 0.658. The summed E-state index contributed by atoms with van der Waals surface area (Å²) in [6, 6.07) is 0. The number of carbonyl (C=O) groups is 9. The number of imide groups is 3. The van der Waals surface area contributed by atoms with E-state index in [1.54, 1.807) is 13.8 Å². The zero-order chi connectivity index (χ0) is 40.2. The van der Waals surface area contributed by atoms with Gasteiger partial charge in [0.2, 0.25) is 11.8 Å². The summed E-state index contributed by atoms with van der Waals surface area (Å²) >= 11 is 0. The van der Waals surface area contributed by atoms with Gasteiger partial charge in [-0.1, -0.05) is 61.8 Å². The van der Waals surface area contributed by atoms with Crippen molar-refractivity contribution in [2.75, 3.05) is 46.1 Å². The zero-order valence-electron chi connectivity index (χ0n) is 32.7. The van der Waals surface area contributed by atoms with Crippen molar-refractivity contribution in [3.05, 3.63) is 24.3 Å². The Bertz CT molecular complexity index is 1200. The largest absolute Gasteiger partial charge is 0.379 e. The number of nitrogens with zero attached hydrogens (tertiary/aromatic N) is 3. The van der Waals surface area contributed by atoms with Gasteiger partial charge in [0.25, 0.3) is 23.6 Å². The molecule has 0 radical (unpaired) electrons. The van der Waals surface area contributed by atoms with Gasteiger partial charge in [-0.15, -0.1) is 0 Å². The van der Waals surface area contributed by atoms with Crippen LogP contribution >= 0.6 is 0 Å². The Morgan fingerprint density at radius 2 is 0.981 bits per heavy atom. The molecule has 0 aromatic heterocycles. The summed E-state index contributed by atoms with van der Waals surface area (Å²) in [6.45, 7) is 18.9. The molecule has 0 unspecified atom stereocenters. The van der Waals surface area contributed by atoms with Crippen molar-refractivity contribution in [3.8, 4) is 0 Å². The van der Waals surface area contributed by atoms with E-state index in [1.165, 1.54) is 36.1 Å². The van der Waals surface area contributed by atoms with E-state index < -0.39 is 0 Å². The number of hydrogen-bond acceptors (Lipinski definition) is 11. The van der Waals surface area contributed by atoms with E-state index in [0.29, 0.717) is 39.2 Å². The maximum Gasteiger partial charge on any atom is 0.253 e. The number of amides is 6. The van der Waals surface area contributed by atoms with Gasteiger partial charge in [-0.2, -0.15) is 0 Å². The quantitative estimate of drug-likeness (QED) is 0.138. The predicted octanol–water partition coefficient (Wildman–Crippen LogP) is 4.03. The molecule has 294 valence electrons. The second kappa shape index (κ2) is 29.4. The van der Waals surface area contributed by atoms with Crippen LogP contribution in [0.5, 0.6) is 0 Å². The molecule has 0 saturated carbocycles. The first-order valence-corrected chi connectivity index (χ1v) is 18.3. The number of Topliss-reactive ketones (excluding diaryl/α,β-unsaturated/α-hetero) is 3. The molecule has 0 aromatic carbocycles. The smallest absolute Gasteiger partial charge is 0.253 e. The molecule has 52 heavy (non-hydrogen) atoms. The zero-order valence-corrected chi connectivity index (χ0v) is 32.7. The summed E-state index contributed by atoms with van der Waals surface area (Å²) in [7, 11) is 0. The molecule has 0 atom stereocenters. The van der Waals surface area contributed by atoms with Crippen molar-refractivity contribution >= 4 is 52.8 Å². The third-order valence-electron chi connectivity index (χ3n) is 7.29. The average Bonchev–Trinajstić information content (AvgIpc) is 3.74. The summed E-state index contributed by atoms with van der Waals surface area (Å²) in [4.78, 5) is 104. The Labute approximate surface area is 309 Å². The Morgan fingerprint density at radius 1 is 0.558 bits per heavy atom. The van der Waals surface area contributed by atoms with Gasteiger partial charge in [-0.3, -0.25) is 57.9 Å². The van der Waals surface area contributed by atoms with E-state index in [1.807, 2.05) is 41.5 Å². The Kier molecular flexibility index (Phi) is 28.2. The van der Waals surface area contributed by atoms with Crippen LogP contribution in [0.4, 0.5) is 0 Å². The summed E-state index contributed by atoms with van der Waals surface area (Å²) < 4.78 is 10.4. The van der Waals surface area contributed by atoms with Crippen LogP contribution in [0.3, 0.4) is 0 Å². The monoisotopic (exact) mass is 735 g/mol. The van der Waals surface area contributed by atoms with E-state index in [4.69, 9.17) is 9.47 Å². The molecule has 1 saturated heterocycles. The SMILES string of the molecule is CC.CC.CC(=O)CCOCCOCCN1C(=O)C=CC1=O.CC(C)C(=O)CCCCCN1C(=O)C=CC1=O.CC(C)C(=O)CN1C(=O)CCC1=O. The molecule has 0 bridgehead atoms. The molecule has 3 aliphatic heterocycles. The molecule has 3 heterocycles. The van der Waals surface area contributed by atoms with Crippen molar-refractivity contribution in [1.29, 1.82) is 0 Å². The molecule has 0 aromatic rings. The molecule has 0 aliphatic carbocycles. The highest BCUT2D eigenvalue weighted by molar-refractivity contribution is 6.13. The van der Waals surface area contributed by atoms with Gasteiger partial charge in [0, 0.05) is 68.4 Å². The molecule has 3 aliphatic rings. The first kappa shape index (κ1) is 49.9. The van der Waals surface area contributed by atoms with Gasteiger partial charge >= 0.3 is 0 Å². The lowest BCUT2D eigenvalue weighted by Crippen LogP contribution is -2.35. The molecule has 14 heteroatoms. The van der Waals surface area contributed by atoms with E-state index in [0.717, 1.165) is 29.1 Å². The number of unbranched alkanes of at least 4 members (excludes halogenated alkanes) is 2. The Balaban J connectivity index is 0. The summed E-state index contributed by atoms with van der Waals surface area (Å²) in [5.41, 5.74) is 0. The van der Waals surface area contributed by atoms with E-state index >= 15 is 0 Å². The third-order valence-corrected chi connectivity index (χ3v) is 7.29. The highest BCUT2D eigenvalue weighted by Gasteiger charge is 2.30. The highest BCUT2D eigenvalue weighted by atomic mass is 16.5. The standard InChI is InChI=1S/C13H19NO3.C12H17NO5.C9H13NO3.2C2H6/c1-10(2)11(15)6-4-3-5-9-14-12(16)7-8-13(14)17;1-10(14)4-6-17-8-9-18-7-5-13-11(15)2-3-12(13)16;1-6(2)7(11)5-10-8(12)3-4-9(10)13;2*1-2/h7-8,10H,3-6,9H2,1-2H3;2-3H,4-9H2,1H3;6H,3-5H2,1-2H3;2*1-2H3. The number of hydrogen-bond donors (Lipinski definition) is 0. The summed E-state index contributed by atoms with van der Waals surface area (Å²) in [5, 5.41) is 0. The Hall–Kier alpha value is -4.17. The molecule has 6 amide bonds. The molecule has 0 spiro atoms. The Morgan fingerprint density at radius 3 is 1.40 bits per heavy atom. The number of likely N-dealkylation sites (tertiary alicyclic amines) is 1. The van der Waals surface area contributed by atoms with Crippen molar-refractivity contribution < 1.29 is 52.6 Å². The van der Waals surface area contributed by atoms with Crippen molar-refractivity contribution in [3.63, 3.8) is 0 Å². The minimum absolute atomic E-state index is 0.0463. The second-order valence-electron chi connectivity index (χ2n) is 11.9. The fourth-order valence-corrected chi connectivity index (χ4v) is 4.17. The van der Waals surface area contributed by atoms with E-state index in [-0.39, 0.29) is 97.2 Å². The van der Waals surface area contributed by atoms with Crippen LogP contribution in [0, 0.1) is 11.8 Å². The number of carbonyl (C=O) groups excluding carboxylic acids is 9. The van der Waals surface area contributed by atoms with Gasteiger partial charge in [0.15, 0.2) is 5.78 Å². The number of rotatable bonds is 19. The van der Waals surface area contributed by atoms with Gasteiger partial charge in [0.05, 0.1) is 39.5 Å². The predicted molar refractivity (Wildman–Crippen MR) is 195 cm³/mol. The van der Waals surface area contributed by atoms with E-state index in [9.17, 15) is 43.2 Å². The lowest BCUT2D eigenvalue weighted by molar-refractivity contribution is -0.142. The number of ketones is 3. The first-order chi connectivity index (χ1) is 24.6. The van der Waals surface area contributed by atoms with Crippen molar-refractivity contribution in [2.45, 2.75) is 107 Å².